The van der Waals surface area contributed by atoms with E-state index in [4.69, 9.17) is 0 Å². The number of nitrogens with one attached hydrogen (secondary N) is 1. The lowest BCUT2D eigenvalue weighted by atomic mass is 9.84. The van der Waals surface area contributed by atoms with Gasteiger partial charge in [0.15, 0.2) is 9.84 Å². The van der Waals surface area contributed by atoms with E-state index in [2.05, 4.69) is 31.3 Å². The first-order chi connectivity index (χ1) is 8.80. The quantitative estimate of drug-likeness (QED) is 0.854. The summed E-state index contributed by atoms with van der Waals surface area (Å²) in [6.45, 7) is 4.84. The van der Waals surface area contributed by atoms with E-state index in [1.165, 1.54) is 5.56 Å². The van der Waals surface area contributed by atoms with Gasteiger partial charge >= 0.3 is 0 Å². The van der Waals surface area contributed by atoms with Gasteiger partial charge in [-0.05, 0) is 5.56 Å². The predicted octanol–water partition coefficient (Wildman–Crippen LogP) is 0.712. The summed E-state index contributed by atoms with van der Waals surface area (Å²) >= 11 is 0. The summed E-state index contributed by atoms with van der Waals surface area (Å²) in [7, 11) is -3.09. The SMILES string of the molecule is CC(C)(CNC1CS(=O)(=O)CC1O)c1ccccc1. The van der Waals surface area contributed by atoms with Crippen LogP contribution in [-0.2, 0) is 15.3 Å². The standard InChI is InChI=1S/C14H21NO3S/c1-14(2,11-6-4-3-5-7-11)10-15-12-8-19(17,18)9-13(12)16/h3-7,12-13,15-16H,8-10H2,1-2H3. The number of rotatable bonds is 4. The average molecular weight is 283 g/mol. The van der Waals surface area contributed by atoms with Crippen molar-refractivity contribution in [2.75, 3.05) is 18.1 Å². The van der Waals surface area contributed by atoms with Crippen LogP contribution in [-0.4, -0.2) is 43.7 Å². The van der Waals surface area contributed by atoms with Crippen LogP contribution in [0.4, 0.5) is 0 Å². The van der Waals surface area contributed by atoms with Crippen LogP contribution in [0.1, 0.15) is 19.4 Å². The van der Waals surface area contributed by atoms with Gasteiger partial charge < -0.3 is 10.4 Å². The van der Waals surface area contributed by atoms with E-state index in [0.29, 0.717) is 6.54 Å². The zero-order valence-corrected chi connectivity index (χ0v) is 12.2. The molecule has 0 aromatic heterocycles. The Kier molecular flexibility index (Phi) is 3.99. The Morgan fingerprint density at radius 1 is 1.26 bits per heavy atom. The highest BCUT2D eigenvalue weighted by Crippen LogP contribution is 2.23. The second-order valence-electron chi connectivity index (χ2n) is 5.88. The van der Waals surface area contributed by atoms with Gasteiger partial charge in [-0.25, -0.2) is 8.42 Å². The number of hydrogen-bond acceptors (Lipinski definition) is 4. The highest BCUT2D eigenvalue weighted by molar-refractivity contribution is 7.91. The molecule has 1 saturated heterocycles. The van der Waals surface area contributed by atoms with Gasteiger partial charge in [0, 0.05) is 18.0 Å². The van der Waals surface area contributed by atoms with Crippen molar-refractivity contribution in [2.24, 2.45) is 0 Å². The molecule has 0 amide bonds. The average Bonchev–Trinajstić information content (AvgIpc) is 2.61. The van der Waals surface area contributed by atoms with E-state index in [-0.39, 0.29) is 23.0 Å². The number of benzene rings is 1. The molecule has 0 spiro atoms. The number of aliphatic hydroxyl groups excluding tert-OH is 1. The summed E-state index contributed by atoms with van der Waals surface area (Å²) in [5.41, 5.74) is 1.09. The largest absolute Gasteiger partial charge is 0.390 e. The molecular weight excluding hydrogens is 262 g/mol. The van der Waals surface area contributed by atoms with Gasteiger partial charge in [-0.1, -0.05) is 44.2 Å². The highest BCUT2D eigenvalue weighted by atomic mass is 32.2. The van der Waals surface area contributed by atoms with Gasteiger partial charge in [0.25, 0.3) is 0 Å². The van der Waals surface area contributed by atoms with E-state index in [1.807, 2.05) is 18.2 Å². The molecule has 1 aliphatic heterocycles. The maximum Gasteiger partial charge on any atom is 0.154 e. The molecule has 2 N–H and O–H groups in total. The summed E-state index contributed by atoms with van der Waals surface area (Å²) in [5, 5.41) is 12.9. The van der Waals surface area contributed by atoms with E-state index >= 15 is 0 Å². The molecule has 106 valence electrons. The van der Waals surface area contributed by atoms with Crippen molar-refractivity contribution >= 4 is 9.84 Å². The Morgan fingerprint density at radius 3 is 2.42 bits per heavy atom. The highest BCUT2D eigenvalue weighted by Gasteiger charge is 2.37. The molecule has 0 aliphatic carbocycles. The van der Waals surface area contributed by atoms with Crippen LogP contribution in [0.25, 0.3) is 0 Å². The van der Waals surface area contributed by atoms with Crippen molar-refractivity contribution in [3.63, 3.8) is 0 Å². The summed E-state index contributed by atoms with van der Waals surface area (Å²) in [6, 6.07) is 9.72. The maximum atomic E-state index is 11.4. The first kappa shape index (κ1) is 14.5. The molecule has 19 heavy (non-hydrogen) atoms. The van der Waals surface area contributed by atoms with E-state index in [0.717, 1.165) is 0 Å². The van der Waals surface area contributed by atoms with Crippen LogP contribution in [0, 0.1) is 0 Å². The fourth-order valence-electron chi connectivity index (χ4n) is 2.40. The number of sulfone groups is 1. The topological polar surface area (TPSA) is 66.4 Å². The van der Waals surface area contributed by atoms with E-state index in [1.54, 1.807) is 0 Å². The zero-order valence-electron chi connectivity index (χ0n) is 11.3. The van der Waals surface area contributed by atoms with Crippen LogP contribution in [0.2, 0.25) is 0 Å². The summed E-state index contributed by atoms with van der Waals surface area (Å²) in [6.07, 6.45) is -0.795. The van der Waals surface area contributed by atoms with E-state index < -0.39 is 15.9 Å². The van der Waals surface area contributed by atoms with Crippen molar-refractivity contribution in [3.05, 3.63) is 35.9 Å². The molecule has 1 heterocycles. The third kappa shape index (κ3) is 3.55. The molecule has 0 saturated carbocycles. The maximum absolute atomic E-state index is 11.4. The zero-order chi connectivity index (χ0) is 14.1. The van der Waals surface area contributed by atoms with Gasteiger partial charge in [0.05, 0.1) is 17.6 Å². The monoisotopic (exact) mass is 283 g/mol. The third-order valence-corrected chi connectivity index (χ3v) is 5.40. The van der Waals surface area contributed by atoms with Crippen molar-refractivity contribution in [2.45, 2.75) is 31.4 Å². The molecule has 5 heteroatoms. The Hall–Kier alpha value is -0.910. The van der Waals surface area contributed by atoms with E-state index in [9.17, 15) is 13.5 Å². The molecular formula is C14H21NO3S. The Labute approximate surface area is 114 Å². The lowest BCUT2D eigenvalue weighted by Gasteiger charge is -2.28. The molecule has 2 rings (SSSR count). The van der Waals surface area contributed by atoms with Crippen molar-refractivity contribution in [1.82, 2.24) is 5.32 Å². The molecule has 2 atom stereocenters. The third-order valence-electron chi connectivity index (χ3n) is 3.68. The fourth-order valence-corrected chi connectivity index (χ4v) is 4.18. The Morgan fingerprint density at radius 2 is 1.89 bits per heavy atom. The second kappa shape index (κ2) is 5.23. The molecule has 2 unspecified atom stereocenters. The first-order valence-electron chi connectivity index (χ1n) is 6.48. The molecule has 1 fully saturated rings. The van der Waals surface area contributed by atoms with Gasteiger partial charge in [0.2, 0.25) is 0 Å². The summed E-state index contributed by atoms with van der Waals surface area (Å²) in [5.74, 6) is -0.102. The summed E-state index contributed by atoms with van der Waals surface area (Å²) in [4.78, 5) is 0. The molecule has 0 bridgehead atoms. The minimum absolute atomic E-state index is 0.0268. The lowest BCUT2D eigenvalue weighted by molar-refractivity contribution is 0.162. The minimum Gasteiger partial charge on any atom is -0.390 e. The minimum atomic E-state index is -3.09. The van der Waals surface area contributed by atoms with Crippen molar-refractivity contribution in [1.29, 1.82) is 0 Å². The number of aliphatic hydroxyl groups is 1. The van der Waals surface area contributed by atoms with Crippen LogP contribution < -0.4 is 5.32 Å². The van der Waals surface area contributed by atoms with Crippen LogP contribution in [0.15, 0.2) is 30.3 Å². The predicted molar refractivity (Wildman–Crippen MR) is 75.9 cm³/mol. The van der Waals surface area contributed by atoms with Gasteiger partial charge in [0.1, 0.15) is 0 Å². The fraction of sp³-hybridized carbons (Fsp3) is 0.571. The van der Waals surface area contributed by atoms with Gasteiger partial charge in [-0.15, -0.1) is 0 Å². The van der Waals surface area contributed by atoms with Crippen LogP contribution >= 0.6 is 0 Å². The molecule has 1 aliphatic rings. The van der Waals surface area contributed by atoms with Crippen LogP contribution in [0.5, 0.6) is 0 Å². The smallest absolute Gasteiger partial charge is 0.154 e. The lowest BCUT2D eigenvalue weighted by Crippen LogP contribution is -2.44. The molecule has 4 nitrogen and oxygen atoms in total. The summed E-state index contributed by atoms with van der Waals surface area (Å²) < 4.78 is 22.9. The Balaban J connectivity index is 1.99. The van der Waals surface area contributed by atoms with Gasteiger partial charge in [-0.3, -0.25) is 0 Å². The van der Waals surface area contributed by atoms with Crippen molar-refractivity contribution < 1.29 is 13.5 Å². The first-order valence-corrected chi connectivity index (χ1v) is 8.30. The molecule has 1 aromatic carbocycles. The molecule has 0 radical (unpaired) electrons. The van der Waals surface area contributed by atoms with Crippen LogP contribution in [0.3, 0.4) is 0 Å². The molecule has 1 aromatic rings. The Bertz CT molecular complexity index is 525. The number of hydrogen-bond donors (Lipinski definition) is 2. The van der Waals surface area contributed by atoms with Crippen molar-refractivity contribution in [3.8, 4) is 0 Å². The second-order valence-corrected chi connectivity index (χ2v) is 8.04. The van der Waals surface area contributed by atoms with Gasteiger partial charge in [-0.2, -0.15) is 0 Å². The normalized spacial score (nSPS) is 26.5.